The second kappa shape index (κ2) is 13.6. The Bertz CT molecular complexity index is 3010. The van der Waals surface area contributed by atoms with Gasteiger partial charge < -0.3 is 9.32 Å². The highest BCUT2D eigenvalue weighted by Crippen LogP contribution is 2.51. The van der Waals surface area contributed by atoms with Crippen LogP contribution in [0.1, 0.15) is 22.6 Å². The van der Waals surface area contributed by atoms with Gasteiger partial charge in [-0.1, -0.05) is 158 Å². The lowest BCUT2D eigenvalue weighted by Crippen LogP contribution is -2.11. The summed E-state index contributed by atoms with van der Waals surface area (Å²) < 4.78 is 6.69. The van der Waals surface area contributed by atoms with E-state index < -0.39 is 0 Å². The van der Waals surface area contributed by atoms with Gasteiger partial charge in [-0.25, -0.2) is 15.0 Å². The zero-order chi connectivity index (χ0) is 37.7. The summed E-state index contributed by atoms with van der Waals surface area (Å²) in [5, 5.41) is 1.96. The van der Waals surface area contributed by atoms with E-state index in [1.165, 1.54) is 27.8 Å². The highest BCUT2D eigenvalue weighted by Gasteiger charge is 2.31. The van der Waals surface area contributed by atoms with Gasteiger partial charge in [0.25, 0.3) is 0 Å². The maximum Gasteiger partial charge on any atom is 0.164 e. The quantitative estimate of drug-likeness (QED) is 0.163. The molecule has 0 spiro atoms. The molecule has 57 heavy (non-hydrogen) atoms. The molecular weight excluding hydrogens is 697 g/mol. The highest BCUT2D eigenvalue weighted by atomic mass is 16.3. The van der Waals surface area contributed by atoms with Crippen LogP contribution >= 0.6 is 0 Å². The summed E-state index contributed by atoms with van der Waals surface area (Å²) in [6.07, 6.45) is 0. The lowest BCUT2D eigenvalue weighted by Gasteiger charge is -2.27. The van der Waals surface area contributed by atoms with Crippen LogP contribution in [0.2, 0.25) is 0 Å². The summed E-state index contributed by atoms with van der Waals surface area (Å²) in [7, 11) is 0. The Morgan fingerprint density at radius 1 is 0.386 bits per heavy atom. The lowest BCUT2D eigenvalue weighted by atomic mass is 9.89. The van der Waals surface area contributed by atoms with Crippen LogP contribution in [-0.4, -0.2) is 15.0 Å². The number of anilines is 3. The van der Waals surface area contributed by atoms with Gasteiger partial charge in [0.1, 0.15) is 11.2 Å². The zero-order valence-electron chi connectivity index (χ0n) is 30.8. The maximum absolute atomic E-state index is 6.69. The minimum absolute atomic E-state index is 0.164. The monoisotopic (exact) mass is 730 g/mol. The molecule has 10 aromatic rings. The minimum atomic E-state index is 0.164. The van der Waals surface area contributed by atoms with Crippen molar-refractivity contribution in [1.82, 2.24) is 15.0 Å². The van der Waals surface area contributed by atoms with Crippen molar-refractivity contribution in [1.29, 1.82) is 0 Å². The summed E-state index contributed by atoms with van der Waals surface area (Å²) in [6, 6.07) is 69.8. The molecule has 0 radical (unpaired) electrons. The predicted molar refractivity (Wildman–Crippen MR) is 231 cm³/mol. The molecule has 1 unspecified atom stereocenters. The Balaban J connectivity index is 1.16. The van der Waals surface area contributed by atoms with Crippen LogP contribution < -0.4 is 4.90 Å². The summed E-state index contributed by atoms with van der Waals surface area (Å²) in [5.41, 5.74) is 13.7. The number of nitrogens with zero attached hydrogens (tertiary/aromatic N) is 4. The molecule has 0 saturated heterocycles. The van der Waals surface area contributed by atoms with Crippen molar-refractivity contribution in [2.24, 2.45) is 0 Å². The summed E-state index contributed by atoms with van der Waals surface area (Å²) in [6.45, 7) is 0. The summed E-state index contributed by atoms with van der Waals surface area (Å²) in [5.74, 6) is 1.95. The number of aromatic nitrogens is 3. The van der Waals surface area contributed by atoms with E-state index in [4.69, 9.17) is 19.4 Å². The molecule has 0 aliphatic heterocycles. The van der Waals surface area contributed by atoms with Crippen LogP contribution in [-0.2, 0) is 0 Å². The number of rotatable bonds is 7. The van der Waals surface area contributed by atoms with Crippen molar-refractivity contribution in [2.45, 2.75) is 5.92 Å². The Morgan fingerprint density at radius 3 is 1.67 bits per heavy atom. The van der Waals surface area contributed by atoms with Gasteiger partial charge >= 0.3 is 0 Å². The third-order valence-corrected chi connectivity index (χ3v) is 11.0. The van der Waals surface area contributed by atoms with Gasteiger partial charge in [0, 0.05) is 50.8 Å². The van der Waals surface area contributed by atoms with Gasteiger partial charge in [-0.3, -0.25) is 0 Å². The SMILES string of the molecule is c1ccc(-c2nc(-c3ccccc3)nc(-c3cc(N(c4ccccc4)c4ccc5c(c4)-c4ccccc4C5c4ccccc4)cc4oc5ccccc5c34)n2)cc1. The molecule has 5 heteroatoms. The van der Waals surface area contributed by atoms with Gasteiger partial charge in [0.15, 0.2) is 17.5 Å². The van der Waals surface area contributed by atoms with Gasteiger partial charge in [-0.15, -0.1) is 0 Å². The number of para-hydroxylation sites is 2. The number of hydrogen-bond donors (Lipinski definition) is 0. The van der Waals surface area contributed by atoms with Crippen molar-refractivity contribution in [3.63, 3.8) is 0 Å². The second-order valence-electron chi connectivity index (χ2n) is 14.4. The van der Waals surface area contributed by atoms with Crippen LogP contribution in [0.25, 0.3) is 67.2 Å². The molecule has 0 N–H and O–H groups in total. The lowest BCUT2D eigenvalue weighted by molar-refractivity contribution is 0.669. The Morgan fingerprint density at radius 2 is 0.947 bits per heavy atom. The first-order chi connectivity index (χ1) is 28.3. The fraction of sp³-hybridized carbons (Fsp3) is 0.0192. The molecule has 11 rings (SSSR count). The van der Waals surface area contributed by atoms with Gasteiger partial charge in [0.2, 0.25) is 0 Å². The van der Waals surface area contributed by atoms with Crippen molar-refractivity contribution in [2.75, 3.05) is 4.90 Å². The molecule has 0 saturated carbocycles. The third-order valence-electron chi connectivity index (χ3n) is 11.0. The molecule has 2 aromatic heterocycles. The van der Waals surface area contributed by atoms with Crippen molar-refractivity contribution >= 4 is 39.0 Å². The first-order valence-corrected chi connectivity index (χ1v) is 19.2. The van der Waals surface area contributed by atoms with E-state index >= 15 is 0 Å². The van der Waals surface area contributed by atoms with Crippen LogP contribution in [0.3, 0.4) is 0 Å². The zero-order valence-corrected chi connectivity index (χ0v) is 30.8. The molecular formula is C52H34N4O. The molecule has 1 aliphatic carbocycles. The average molecular weight is 731 g/mol. The molecule has 0 bridgehead atoms. The number of benzene rings is 8. The second-order valence-corrected chi connectivity index (χ2v) is 14.4. The third kappa shape index (κ3) is 5.68. The van der Waals surface area contributed by atoms with E-state index in [-0.39, 0.29) is 5.92 Å². The smallest absolute Gasteiger partial charge is 0.164 e. The first kappa shape index (κ1) is 32.8. The molecule has 1 aliphatic rings. The minimum Gasteiger partial charge on any atom is -0.456 e. The molecule has 5 nitrogen and oxygen atoms in total. The largest absolute Gasteiger partial charge is 0.456 e. The van der Waals surface area contributed by atoms with Crippen LogP contribution in [0.5, 0.6) is 0 Å². The van der Waals surface area contributed by atoms with Crippen LogP contribution in [0.4, 0.5) is 17.1 Å². The van der Waals surface area contributed by atoms with E-state index in [0.29, 0.717) is 17.5 Å². The predicted octanol–water partition coefficient (Wildman–Crippen LogP) is 13.4. The van der Waals surface area contributed by atoms with Gasteiger partial charge in [0.05, 0.1) is 5.69 Å². The molecule has 8 aromatic carbocycles. The van der Waals surface area contributed by atoms with Crippen LogP contribution in [0, 0.1) is 0 Å². The van der Waals surface area contributed by atoms with E-state index in [2.05, 4.69) is 132 Å². The van der Waals surface area contributed by atoms with Gasteiger partial charge in [-0.05, 0) is 64.2 Å². The number of hydrogen-bond acceptors (Lipinski definition) is 5. The highest BCUT2D eigenvalue weighted by molar-refractivity contribution is 6.13. The summed E-state index contributed by atoms with van der Waals surface area (Å²) >= 11 is 0. The fourth-order valence-electron chi connectivity index (χ4n) is 8.43. The topological polar surface area (TPSA) is 55.1 Å². The van der Waals surface area contributed by atoms with Gasteiger partial charge in [-0.2, -0.15) is 0 Å². The summed E-state index contributed by atoms with van der Waals surface area (Å²) in [4.78, 5) is 17.7. The van der Waals surface area contributed by atoms with E-state index in [1.54, 1.807) is 0 Å². The Hall–Kier alpha value is -7.63. The number of furan rings is 1. The molecule has 0 fully saturated rings. The standard InChI is InChI=1S/C52H34N4O/c1-5-17-34(18-6-1)48-41-26-14-13-25-40(41)44-31-38(29-30-42(44)48)56(37-23-11-4-12-24-37)39-32-45(49-43-27-15-16-28-46(43)57-47(49)33-39)52-54-50(35-19-7-2-8-20-35)53-51(55-52)36-21-9-3-10-22-36/h1-33,48H. The van der Waals surface area contributed by atoms with Crippen molar-refractivity contribution in [3.8, 4) is 45.3 Å². The molecule has 1 atom stereocenters. The van der Waals surface area contributed by atoms with Crippen LogP contribution in [0.15, 0.2) is 205 Å². The van der Waals surface area contributed by atoms with E-state index in [9.17, 15) is 0 Å². The fourth-order valence-corrected chi connectivity index (χ4v) is 8.43. The number of fused-ring (bicyclic) bond motifs is 6. The molecule has 268 valence electrons. The normalized spacial score (nSPS) is 13.1. The Kier molecular flexibility index (Phi) is 7.81. The average Bonchev–Trinajstić information content (AvgIpc) is 3.83. The van der Waals surface area contributed by atoms with Crippen molar-refractivity contribution < 1.29 is 4.42 Å². The first-order valence-electron chi connectivity index (χ1n) is 19.2. The maximum atomic E-state index is 6.69. The van der Waals surface area contributed by atoms with E-state index in [1.807, 2.05) is 72.8 Å². The molecule has 0 amide bonds. The van der Waals surface area contributed by atoms with E-state index in [0.717, 1.165) is 55.7 Å². The Labute approximate surface area is 330 Å². The van der Waals surface area contributed by atoms with Crippen molar-refractivity contribution in [3.05, 3.63) is 217 Å². The molecule has 2 heterocycles.